The highest BCUT2D eigenvalue weighted by Crippen LogP contribution is 2.22. The number of H-pyrrole nitrogens is 1. The molecule has 3 aromatic carbocycles. The minimum absolute atomic E-state index is 0.00642. The Labute approximate surface area is 160 Å². The molecule has 0 radical (unpaired) electrons. The average Bonchev–Trinajstić information content (AvgIpc) is 3.11. The van der Waals surface area contributed by atoms with Crippen LogP contribution in [0.2, 0.25) is 0 Å². The molecule has 4 rings (SSSR count). The summed E-state index contributed by atoms with van der Waals surface area (Å²) in [6, 6.07) is 28.8. The Kier molecular flexibility index (Phi) is 5.05. The first-order chi connectivity index (χ1) is 13.2. The molecule has 0 bridgehead atoms. The van der Waals surface area contributed by atoms with Crippen LogP contribution in [0.4, 0.5) is 0 Å². The van der Waals surface area contributed by atoms with Gasteiger partial charge in [-0.15, -0.1) is 0 Å². The van der Waals surface area contributed by atoms with E-state index in [1.807, 2.05) is 42.5 Å². The van der Waals surface area contributed by atoms with Crippen molar-refractivity contribution >= 4 is 10.9 Å². The first-order valence-corrected chi connectivity index (χ1v) is 9.44. The second kappa shape index (κ2) is 7.78. The molecule has 0 saturated heterocycles. The summed E-state index contributed by atoms with van der Waals surface area (Å²) in [5.41, 5.74) is 4.70. The third-order valence-corrected chi connectivity index (χ3v) is 5.11. The number of aromatic amines is 1. The Bertz CT molecular complexity index is 951. The van der Waals surface area contributed by atoms with Gasteiger partial charge in [-0.2, -0.15) is 4.65 Å². The molecule has 0 fully saturated rings. The molecule has 0 unspecified atom stereocenters. The van der Waals surface area contributed by atoms with E-state index < -0.39 is 0 Å². The van der Waals surface area contributed by atoms with Gasteiger partial charge < -0.3 is 4.98 Å². The lowest BCUT2D eigenvalue weighted by Gasteiger charge is -2.30. The van der Waals surface area contributed by atoms with Crippen molar-refractivity contribution in [1.82, 2.24) is 4.98 Å². The summed E-state index contributed by atoms with van der Waals surface area (Å²) in [5.74, 6) is 0. The molecule has 1 heterocycles. The predicted molar refractivity (Wildman–Crippen MR) is 109 cm³/mol. The Morgan fingerprint density at radius 3 is 1.89 bits per heavy atom. The van der Waals surface area contributed by atoms with Crippen LogP contribution in [0.15, 0.2) is 91.1 Å². The zero-order chi connectivity index (χ0) is 18.5. The quantitative estimate of drug-likeness (QED) is 0.341. The van der Waals surface area contributed by atoms with Crippen molar-refractivity contribution < 1.29 is 9.85 Å². The van der Waals surface area contributed by atoms with Crippen LogP contribution in [0.1, 0.15) is 16.7 Å². The fraction of sp³-hybridized carbons (Fsp3) is 0.167. The van der Waals surface area contributed by atoms with E-state index >= 15 is 0 Å². The van der Waals surface area contributed by atoms with Gasteiger partial charge in [-0.25, -0.2) is 5.21 Å². The number of quaternary nitrogens is 1. The number of fused-ring (bicyclic) bond motifs is 1. The molecule has 0 aliphatic heterocycles. The largest absolute Gasteiger partial charge is 0.361 e. The lowest BCUT2D eigenvalue weighted by atomic mass is 10.1. The van der Waals surface area contributed by atoms with E-state index in [1.165, 1.54) is 10.9 Å². The number of hydroxylamine groups is 3. The van der Waals surface area contributed by atoms with E-state index in [1.54, 1.807) is 0 Å². The normalized spacial score (nSPS) is 11.7. The van der Waals surface area contributed by atoms with Gasteiger partial charge in [-0.1, -0.05) is 78.9 Å². The van der Waals surface area contributed by atoms with Crippen LogP contribution in [-0.4, -0.2) is 21.4 Å². The highest BCUT2D eigenvalue weighted by atomic mass is 16.5. The van der Waals surface area contributed by atoms with Crippen LogP contribution in [0, 0.1) is 0 Å². The lowest BCUT2D eigenvalue weighted by Crippen LogP contribution is -2.44. The number of hydrogen-bond donors (Lipinski definition) is 2. The van der Waals surface area contributed by atoms with Crippen molar-refractivity contribution in [3.63, 3.8) is 0 Å². The van der Waals surface area contributed by atoms with Crippen LogP contribution in [0.5, 0.6) is 0 Å². The molecule has 3 nitrogen and oxygen atoms in total. The van der Waals surface area contributed by atoms with Gasteiger partial charge in [0.2, 0.25) is 0 Å². The molecule has 27 heavy (non-hydrogen) atoms. The molecule has 0 aliphatic rings. The van der Waals surface area contributed by atoms with Gasteiger partial charge in [-0.05, 0) is 11.6 Å². The Balaban J connectivity index is 1.57. The monoisotopic (exact) mass is 357 g/mol. The Morgan fingerprint density at radius 2 is 1.26 bits per heavy atom. The van der Waals surface area contributed by atoms with Crippen LogP contribution in [0.25, 0.3) is 10.9 Å². The molecule has 0 spiro atoms. The number of hydrogen-bond acceptors (Lipinski definition) is 1. The van der Waals surface area contributed by atoms with Gasteiger partial charge in [0.15, 0.2) is 0 Å². The van der Waals surface area contributed by atoms with E-state index in [9.17, 15) is 5.21 Å². The number of para-hydroxylation sites is 1. The summed E-state index contributed by atoms with van der Waals surface area (Å²) in [4.78, 5) is 3.34. The Hall–Kier alpha value is -2.88. The fourth-order valence-electron chi connectivity index (χ4n) is 3.73. The average molecular weight is 357 g/mol. The van der Waals surface area contributed by atoms with Crippen molar-refractivity contribution in [2.75, 3.05) is 6.54 Å². The maximum Gasteiger partial charge on any atom is 0.134 e. The van der Waals surface area contributed by atoms with Gasteiger partial charge in [0.05, 0.1) is 0 Å². The molecule has 2 N–H and O–H groups in total. The van der Waals surface area contributed by atoms with Crippen molar-refractivity contribution in [3.8, 4) is 0 Å². The zero-order valence-electron chi connectivity index (χ0n) is 15.4. The molecular formula is C24H25N2O+. The molecule has 0 aliphatic carbocycles. The second-order valence-electron chi connectivity index (χ2n) is 7.22. The van der Waals surface area contributed by atoms with Crippen LogP contribution >= 0.6 is 0 Å². The predicted octanol–water partition coefficient (Wildman–Crippen LogP) is 5.32. The maximum absolute atomic E-state index is 11.5. The van der Waals surface area contributed by atoms with Crippen molar-refractivity contribution in [1.29, 1.82) is 0 Å². The van der Waals surface area contributed by atoms with Gasteiger partial charge in [0.25, 0.3) is 0 Å². The Morgan fingerprint density at radius 1 is 0.704 bits per heavy atom. The summed E-state index contributed by atoms with van der Waals surface area (Å²) in [6.07, 6.45) is 2.89. The number of nitrogens with one attached hydrogen (secondary N) is 1. The third-order valence-electron chi connectivity index (χ3n) is 5.11. The minimum atomic E-state index is -0.00642. The molecule has 3 heteroatoms. The second-order valence-corrected chi connectivity index (χ2v) is 7.22. The summed E-state index contributed by atoms with van der Waals surface area (Å²) in [5, 5.41) is 12.8. The van der Waals surface area contributed by atoms with Gasteiger partial charge >= 0.3 is 0 Å². The number of rotatable bonds is 7. The van der Waals surface area contributed by atoms with E-state index in [0.717, 1.165) is 23.1 Å². The maximum atomic E-state index is 11.5. The number of nitrogens with zero attached hydrogens (tertiary/aromatic N) is 1. The topological polar surface area (TPSA) is 36.0 Å². The van der Waals surface area contributed by atoms with Crippen LogP contribution in [-0.2, 0) is 19.5 Å². The third kappa shape index (κ3) is 4.27. The highest BCUT2D eigenvalue weighted by Gasteiger charge is 2.27. The summed E-state index contributed by atoms with van der Waals surface area (Å²) in [7, 11) is 0. The van der Waals surface area contributed by atoms with Crippen LogP contribution < -0.4 is 0 Å². The van der Waals surface area contributed by atoms with Crippen molar-refractivity contribution in [3.05, 3.63) is 108 Å². The van der Waals surface area contributed by atoms with Crippen molar-refractivity contribution in [2.24, 2.45) is 0 Å². The molecule has 0 saturated carbocycles. The molecular weight excluding hydrogens is 332 g/mol. The van der Waals surface area contributed by atoms with E-state index in [2.05, 4.69) is 53.6 Å². The van der Waals surface area contributed by atoms with E-state index in [0.29, 0.717) is 19.6 Å². The fourth-order valence-corrected chi connectivity index (χ4v) is 3.73. The smallest absolute Gasteiger partial charge is 0.134 e. The van der Waals surface area contributed by atoms with Gasteiger partial charge in [0, 0.05) is 34.6 Å². The molecule has 4 aromatic rings. The summed E-state index contributed by atoms with van der Waals surface area (Å²) in [6.45, 7) is 1.85. The molecule has 1 aromatic heterocycles. The first-order valence-electron chi connectivity index (χ1n) is 9.44. The first kappa shape index (κ1) is 17.5. The van der Waals surface area contributed by atoms with Crippen LogP contribution in [0.3, 0.4) is 0 Å². The van der Waals surface area contributed by atoms with E-state index in [4.69, 9.17) is 0 Å². The van der Waals surface area contributed by atoms with Crippen molar-refractivity contribution in [2.45, 2.75) is 19.5 Å². The summed E-state index contributed by atoms with van der Waals surface area (Å²) < 4.78 is -0.00642. The van der Waals surface area contributed by atoms with Gasteiger partial charge in [-0.3, -0.25) is 0 Å². The lowest BCUT2D eigenvalue weighted by molar-refractivity contribution is -1.12. The molecule has 0 amide bonds. The minimum Gasteiger partial charge on any atom is -0.361 e. The number of aromatic nitrogens is 1. The van der Waals surface area contributed by atoms with E-state index in [-0.39, 0.29) is 4.65 Å². The summed E-state index contributed by atoms with van der Waals surface area (Å²) >= 11 is 0. The highest BCUT2D eigenvalue weighted by molar-refractivity contribution is 5.83. The number of benzene rings is 3. The standard InChI is InChI=1S/C24H25N2O/c27-26(18-20-9-3-1-4-10-20,19-21-11-5-2-6-12-21)16-15-22-17-25-24-14-8-7-13-23(22)24/h1-14,17,25,27H,15-16,18-19H2/q+1. The van der Waals surface area contributed by atoms with Gasteiger partial charge in [0.1, 0.15) is 19.6 Å². The molecule has 136 valence electrons. The molecule has 0 atom stereocenters. The zero-order valence-corrected chi connectivity index (χ0v) is 15.4. The SMILES string of the molecule is O[N+](CCc1c[nH]c2ccccc12)(Cc1ccccc1)Cc1ccccc1.